The smallest absolute Gasteiger partial charge is 0.417 e. The van der Waals surface area contributed by atoms with E-state index in [1.807, 2.05) is 0 Å². The number of aromatic nitrogens is 3. The van der Waals surface area contributed by atoms with Crippen LogP contribution in [0.3, 0.4) is 0 Å². The summed E-state index contributed by atoms with van der Waals surface area (Å²) in [5, 5.41) is 2.46. The van der Waals surface area contributed by atoms with Crippen LogP contribution in [0.25, 0.3) is 32.2 Å². The Kier molecular flexibility index (Phi) is 10.0. The number of fused-ring (bicyclic) bond motifs is 3. The van der Waals surface area contributed by atoms with Crippen LogP contribution in [-0.4, -0.2) is 99.6 Å². The Morgan fingerprint density at radius 3 is 2.20 bits per heavy atom. The number of carbonyl (C=O) groups is 2. The lowest BCUT2D eigenvalue weighted by Crippen LogP contribution is -2.50. The molecule has 7 rings (SSSR count). The predicted octanol–water partition coefficient (Wildman–Crippen LogP) is 8.48. The minimum Gasteiger partial charge on any atom is -0.461 e. The van der Waals surface area contributed by atoms with Crippen LogP contribution in [0, 0.1) is 5.82 Å². The summed E-state index contributed by atoms with van der Waals surface area (Å²) in [6, 6.07) is 5.23. The van der Waals surface area contributed by atoms with Gasteiger partial charge in [-0.3, -0.25) is 10.2 Å². The van der Waals surface area contributed by atoms with Crippen molar-refractivity contribution < 1.29 is 41.4 Å². The Morgan fingerprint density at radius 2 is 1.56 bits per heavy atom. The van der Waals surface area contributed by atoms with Crippen molar-refractivity contribution in [2.75, 3.05) is 56.1 Å². The third-order valence-electron chi connectivity index (χ3n) is 10.0. The summed E-state index contributed by atoms with van der Waals surface area (Å²) in [6.07, 6.45) is -2.41. The van der Waals surface area contributed by atoms with Gasteiger partial charge >= 0.3 is 24.4 Å². The van der Waals surface area contributed by atoms with Gasteiger partial charge in [-0.05, 0) is 92.4 Å². The number of alkyl halides is 3. The summed E-state index contributed by atoms with van der Waals surface area (Å²) in [6.45, 7) is 13.3. The molecule has 2 aromatic heterocycles. The second-order valence-electron chi connectivity index (χ2n) is 16.3. The van der Waals surface area contributed by atoms with E-state index < -0.39 is 46.5 Å². The molecular weight excluding hydrogens is 743 g/mol. The molecule has 1 N–H and O–H groups in total. The summed E-state index contributed by atoms with van der Waals surface area (Å²) in [7, 11) is 0. The molecule has 3 fully saturated rings. The van der Waals surface area contributed by atoms with Crippen molar-refractivity contribution in [1.29, 1.82) is 0 Å². The molecule has 0 bridgehead atoms. The second-order valence-corrected chi connectivity index (χ2v) is 17.3. The molecule has 3 aliphatic rings. The average molecular weight is 788 g/mol. The number of hydrogen-bond acceptors (Lipinski definition) is 11. The number of anilines is 2. The van der Waals surface area contributed by atoms with Gasteiger partial charge in [0.15, 0.2) is 10.9 Å². The topological polar surface area (TPSA) is 122 Å². The molecule has 0 aliphatic carbocycles. The summed E-state index contributed by atoms with van der Waals surface area (Å²) in [5.74, 6) is -1.14. The number of nitrogens with zero attached hydrogens (tertiary/aromatic N) is 6. The number of benzene rings is 2. The predicted molar refractivity (Wildman–Crippen MR) is 201 cm³/mol. The normalized spacial score (nSPS) is 17.9. The Bertz CT molecular complexity index is 2110. The first kappa shape index (κ1) is 38.8. The van der Waals surface area contributed by atoms with E-state index in [9.17, 15) is 9.59 Å². The van der Waals surface area contributed by atoms with E-state index in [1.165, 1.54) is 17.0 Å². The fourth-order valence-electron chi connectivity index (χ4n) is 7.67. The highest BCUT2D eigenvalue weighted by molar-refractivity contribution is 7.22. The Balaban J connectivity index is 1.33. The van der Waals surface area contributed by atoms with Gasteiger partial charge in [-0.25, -0.2) is 19.0 Å². The van der Waals surface area contributed by atoms with Crippen molar-refractivity contribution in [2.24, 2.45) is 0 Å². The van der Waals surface area contributed by atoms with Gasteiger partial charge in [0.2, 0.25) is 0 Å². The van der Waals surface area contributed by atoms with E-state index in [4.69, 9.17) is 14.2 Å². The lowest BCUT2D eigenvalue weighted by molar-refractivity contribution is -0.137. The van der Waals surface area contributed by atoms with Crippen molar-refractivity contribution >= 4 is 55.6 Å². The van der Waals surface area contributed by atoms with E-state index in [0.717, 1.165) is 56.2 Å². The van der Waals surface area contributed by atoms with Crippen LogP contribution in [-0.2, 0) is 15.7 Å². The molecule has 0 unspecified atom stereocenters. The van der Waals surface area contributed by atoms with Crippen LogP contribution in [0.1, 0.15) is 72.8 Å². The zero-order valence-corrected chi connectivity index (χ0v) is 32.5. The maximum atomic E-state index is 17.2. The molecule has 0 radical (unpaired) electrons. The fourth-order valence-corrected chi connectivity index (χ4v) is 8.54. The average Bonchev–Trinajstić information content (AvgIpc) is 3.79. The van der Waals surface area contributed by atoms with Crippen molar-refractivity contribution in [3.8, 4) is 17.1 Å². The quantitative estimate of drug-likeness (QED) is 0.191. The molecule has 2 amide bonds. The summed E-state index contributed by atoms with van der Waals surface area (Å²) in [4.78, 5) is 44.5. The zero-order valence-electron chi connectivity index (χ0n) is 31.7. The maximum Gasteiger partial charge on any atom is 0.417 e. The molecule has 12 nitrogen and oxygen atoms in total. The third-order valence-corrected chi connectivity index (χ3v) is 10.9. The molecule has 17 heteroatoms. The van der Waals surface area contributed by atoms with Gasteiger partial charge in [0.1, 0.15) is 29.1 Å². The van der Waals surface area contributed by atoms with E-state index in [2.05, 4.69) is 25.2 Å². The van der Waals surface area contributed by atoms with Crippen molar-refractivity contribution in [2.45, 2.75) is 90.1 Å². The molecule has 55 heavy (non-hydrogen) atoms. The highest BCUT2D eigenvalue weighted by Gasteiger charge is 2.45. The van der Waals surface area contributed by atoms with E-state index in [0.29, 0.717) is 4.70 Å². The number of hydrogen-bond donors (Lipinski definition) is 1. The molecule has 4 aromatic rings. The number of amides is 2. The van der Waals surface area contributed by atoms with Gasteiger partial charge in [0, 0.05) is 42.7 Å². The van der Waals surface area contributed by atoms with Crippen LogP contribution >= 0.6 is 11.3 Å². The van der Waals surface area contributed by atoms with Crippen LogP contribution < -0.4 is 15.0 Å². The molecule has 3 saturated heterocycles. The Hall–Kier alpha value is -4.51. The van der Waals surface area contributed by atoms with Gasteiger partial charge in [-0.2, -0.15) is 23.1 Å². The summed E-state index contributed by atoms with van der Waals surface area (Å²) in [5.41, 5.74) is -4.09. The minimum atomic E-state index is -5.00. The standard InChI is InChI=1S/C38H45F4N7O5S/c1-35(2,3)53-33(50)46-32-44-28-22(10-7-11-25(28)55-32)26-24(38(40,41)42)20-23-29(27(26)39)43-31(52-21-37-12-8-14-49(37)15-9-13-37)45-30(23)47-16-18-48(19-17-47)34(51)54-36(4,5)6/h7,10-11,20H,8-9,12-19,21H2,1-6H3,(H,44,46,50). The number of piperazine rings is 1. The van der Waals surface area contributed by atoms with Crippen LogP contribution in [0.2, 0.25) is 0 Å². The highest BCUT2D eigenvalue weighted by atomic mass is 32.1. The first-order valence-electron chi connectivity index (χ1n) is 18.4. The van der Waals surface area contributed by atoms with Gasteiger partial charge in [0.25, 0.3) is 0 Å². The lowest BCUT2D eigenvalue weighted by atomic mass is 9.95. The summed E-state index contributed by atoms with van der Waals surface area (Å²) >= 11 is 1.02. The van der Waals surface area contributed by atoms with E-state index >= 15 is 17.6 Å². The number of thiazole rings is 1. The monoisotopic (exact) mass is 787 g/mol. The first-order chi connectivity index (χ1) is 25.8. The molecule has 5 heterocycles. The molecular formula is C38H45F4N7O5S. The first-order valence-corrected chi connectivity index (χ1v) is 19.2. The van der Waals surface area contributed by atoms with Crippen LogP contribution in [0.4, 0.5) is 38.1 Å². The Labute approximate surface area is 320 Å². The van der Waals surface area contributed by atoms with Gasteiger partial charge in [0.05, 0.1) is 21.3 Å². The third kappa shape index (κ3) is 8.09. The number of ether oxygens (including phenoxy) is 3. The SMILES string of the molecule is CC(C)(C)OC(=O)Nc1nc2c(-c3c(C(F)(F)F)cc4c(N5CCN(C(=O)OC(C)(C)C)CC5)nc(OCC56CCCN5CCC6)nc4c3F)cccc2s1. The minimum absolute atomic E-state index is 0.0629. The van der Waals surface area contributed by atoms with Crippen molar-refractivity contribution in [3.63, 3.8) is 0 Å². The molecule has 0 saturated carbocycles. The highest BCUT2D eigenvalue weighted by Crippen LogP contribution is 2.46. The number of para-hydroxylation sites is 1. The number of halogens is 4. The molecule has 0 atom stereocenters. The van der Waals surface area contributed by atoms with E-state index in [-0.39, 0.29) is 77.3 Å². The second kappa shape index (κ2) is 14.2. The Morgan fingerprint density at radius 1 is 0.891 bits per heavy atom. The lowest BCUT2D eigenvalue weighted by Gasteiger charge is -2.36. The van der Waals surface area contributed by atoms with Gasteiger partial charge < -0.3 is 24.0 Å². The largest absolute Gasteiger partial charge is 0.461 e. The number of nitrogens with one attached hydrogen (secondary N) is 1. The van der Waals surface area contributed by atoms with E-state index in [1.54, 1.807) is 52.5 Å². The van der Waals surface area contributed by atoms with Crippen molar-refractivity contribution in [1.82, 2.24) is 24.8 Å². The summed E-state index contributed by atoms with van der Waals surface area (Å²) < 4.78 is 80.1. The fraction of sp³-hybridized carbons (Fsp3) is 0.553. The number of carbonyl (C=O) groups excluding carboxylic acids is 2. The maximum absolute atomic E-state index is 17.2. The van der Waals surface area contributed by atoms with Gasteiger partial charge in [-0.15, -0.1) is 0 Å². The van der Waals surface area contributed by atoms with Crippen LogP contribution in [0.5, 0.6) is 6.01 Å². The van der Waals surface area contributed by atoms with Crippen molar-refractivity contribution in [3.05, 3.63) is 35.6 Å². The molecule has 296 valence electrons. The molecule has 0 spiro atoms. The van der Waals surface area contributed by atoms with Crippen LogP contribution in [0.15, 0.2) is 24.3 Å². The van der Waals surface area contributed by atoms with Gasteiger partial charge in [-0.1, -0.05) is 23.5 Å². The number of rotatable bonds is 6. The molecule has 2 aromatic carbocycles. The molecule has 3 aliphatic heterocycles. The zero-order chi connectivity index (χ0) is 39.5.